The summed E-state index contributed by atoms with van der Waals surface area (Å²) in [6, 6.07) is 12.8. The van der Waals surface area contributed by atoms with Gasteiger partial charge >= 0.3 is 0 Å². The van der Waals surface area contributed by atoms with Crippen molar-refractivity contribution in [3.8, 4) is 34.3 Å². The molecule has 5 rings (SSSR count). The van der Waals surface area contributed by atoms with Gasteiger partial charge in [-0.15, -0.1) is 0 Å². The van der Waals surface area contributed by atoms with Crippen molar-refractivity contribution in [1.29, 1.82) is 0 Å². The van der Waals surface area contributed by atoms with Crippen molar-refractivity contribution in [1.82, 2.24) is 15.0 Å². The van der Waals surface area contributed by atoms with Crippen molar-refractivity contribution in [2.24, 2.45) is 0 Å². The summed E-state index contributed by atoms with van der Waals surface area (Å²) in [5, 5.41) is 4.33. The number of ether oxygens (including phenoxy) is 2. The van der Waals surface area contributed by atoms with Crippen molar-refractivity contribution in [2.45, 2.75) is 45.6 Å². The van der Waals surface area contributed by atoms with Gasteiger partial charge in [0.15, 0.2) is 11.5 Å². The number of hydrogen-bond acceptors (Lipinski definition) is 6. The Morgan fingerprint density at radius 1 is 1.03 bits per heavy atom. The fourth-order valence-electron chi connectivity index (χ4n) is 4.91. The highest BCUT2D eigenvalue weighted by atomic mass is 16.5. The Hall–Kier alpha value is -2.86. The maximum absolute atomic E-state index is 5.74. The largest absolute Gasteiger partial charge is 0.490 e. The van der Waals surface area contributed by atoms with Crippen LogP contribution in [0.1, 0.15) is 50.3 Å². The minimum absolute atomic E-state index is 0.491. The third-order valence-electron chi connectivity index (χ3n) is 6.28. The summed E-state index contributed by atoms with van der Waals surface area (Å²) >= 11 is 0. The van der Waals surface area contributed by atoms with Gasteiger partial charge in [0.1, 0.15) is 0 Å². The van der Waals surface area contributed by atoms with Crippen LogP contribution in [0.15, 0.2) is 40.9 Å². The first-order chi connectivity index (χ1) is 15.3. The maximum atomic E-state index is 5.74. The fraction of sp³-hybridized carbons (Fsp3) is 0.440. The molecule has 1 atom stereocenters. The molecule has 0 radical (unpaired) electrons. The number of aromatic nitrogens is 2. The van der Waals surface area contributed by atoms with Crippen molar-refractivity contribution in [2.75, 3.05) is 26.3 Å². The summed E-state index contributed by atoms with van der Waals surface area (Å²) < 4.78 is 17.1. The Morgan fingerprint density at radius 2 is 1.84 bits per heavy atom. The van der Waals surface area contributed by atoms with Crippen LogP contribution in [-0.2, 0) is 6.42 Å². The molecular formula is C25H29N3O3. The number of fused-ring (bicyclic) bond motifs is 1. The average molecular weight is 420 g/mol. The third kappa shape index (κ3) is 3.81. The molecule has 2 heterocycles. The van der Waals surface area contributed by atoms with E-state index < -0.39 is 0 Å². The van der Waals surface area contributed by atoms with E-state index in [9.17, 15) is 0 Å². The van der Waals surface area contributed by atoms with Crippen molar-refractivity contribution in [3.05, 3.63) is 47.5 Å². The smallest absolute Gasteiger partial charge is 0.258 e. The molecule has 1 aromatic heterocycles. The predicted molar refractivity (Wildman–Crippen MR) is 119 cm³/mol. The van der Waals surface area contributed by atoms with E-state index in [-0.39, 0.29) is 0 Å². The molecule has 1 aliphatic heterocycles. The molecule has 0 N–H and O–H groups in total. The molecule has 1 aliphatic carbocycles. The first kappa shape index (κ1) is 20.1. The zero-order valence-corrected chi connectivity index (χ0v) is 18.3. The lowest BCUT2D eigenvalue weighted by atomic mass is 10.0. The predicted octanol–water partition coefficient (Wildman–Crippen LogP) is 5.28. The Morgan fingerprint density at radius 3 is 2.65 bits per heavy atom. The molecule has 1 saturated heterocycles. The van der Waals surface area contributed by atoms with Crippen LogP contribution in [0, 0.1) is 0 Å². The van der Waals surface area contributed by atoms with Gasteiger partial charge in [-0.05, 0) is 81.9 Å². The summed E-state index contributed by atoms with van der Waals surface area (Å²) in [5.74, 6) is 2.56. The van der Waals surface area contributed by atoms with Crippen LogP contribution >= 0.6 is 0 Å². The number of likely N-dealkylation sites (tertiary alicyclic amines) is 1. The molecule has 1 unspecified atom stereocenters. The van der Waals surface area contributed by atoms with E-state index in [0.717, 1.165) is 23.3 Å². The molecule has 6 nitrogen and oxygen atoms in total. The molecule has 0 saturated carbocycles. The molecule has 31 heavy (non-hydrogen) atoms. The number of hydrogen-bond donors (Lipinski definition) is 0. The third-order valence-corrected chi connectivity index (χ3v) is 6.28. The molecule has 6 heteroatoms. The van der Waals surface area contributed by atoms with Crippen LogP contribution in [0.5, 0.6) is 11.5 Å². The zero-order valence-electron chi connectivity index (χ0n) is 18.3. The van der Waals surface area contributed by atoms with Crippen LogP contribution in [-0.4, -0.2) is 41.3 Å². The Bertz CT molecular complexity index is 1060. The minimum Gasteiger partial charge on any atom is -0.490 e. The van der Waals surface area contributed by atoms with E-state index >= 15 is 0 Å². The monoisotopic (exact) mass is 419 g/mol. The summed E-state index contributed by atoms with van der Waals surface area (Å²) in [6.45, 7) is 7.48. The van der Waals surface area contributed by atoms with Gasteiger partial charge in [-0.25, -0.2) is 0 Å². The molecule has 2 aromatic carbocycles. The normalized spacial score (nSPS) is 18.3. The van der Waals surface area contributed by atoms with E-state index in [1.165, 1.54) is 43.5 Å². The van der Waals surface area contributed by atoms with Gasteiger partial charge in [0, 0.05) is 17.2 Å². The van der Waals surface area contributed by atoms with E-state index in [2.05, 4.69) is 28.3 Å². The van der Waals surface area contributed by atoms with Gasteiger partial charge in [-0.1, -0.05) is 23.4 Å². The number of benzene rings is 2. The molecule has 0 bridgehead atoms. The second kappa shape index (κ2) is 8.71. The second-order valence-electron chi connectivity index (χ2n) is 8.12. The highest BCUT2D eigenvalue weighted by molar-refractivity contribution is 5.67. The first-order valence-electron chi connectivity index (χ1n) is 11.4. The van der Waals surface area contributed by atoms with Gasteiger partial charge in [0.2, 0.25) is 5.82 Å². The lowest BCUT2D eigenvalue weighted by Crippen LogP contribution is -2.23. The molecule has 0 spiro atoms. The standard InChI is InChI=1S/C25H29N3O3/c1-3-29-22-13-10-17(16-23(22)30-4-2)25-26-24(27-31-25)20-9-7-8-19-18(20)11-12-21(19)28-14-5-6-15-28/h7-10,13,16,21H,3-6,11-12,14-15H2,1-2H3. The van der Waals surface area contributed by atoms with E-state index in [0.29, 0.717) is 36.7 Å². The zero-order chi connectivity index (χ0) is 21.2. The Balaban J connectivity index is 1.45. The van der Waals surface area contributed by atoms with E-state index in [1.54, 1.807) is 0 Å². The molecule has 162 valence electrons. The highest BCUT2D eigenvalue weighted by Gasteiger charge is 2.31. The van der Waals surface area contributed by atoms with Gasteiger partial charge in [-0.3, -0.25) is 4.90 Å². The highest BCUT2D eigenvalue weighted by Crippen LogP contribution is 2.41. The van der Waals surface area contributed by atoms with Crippen molar-refractivity contribution in [3.63, 3.8) is 0 Å². The van der Waals surface area contributed by atoms with E-state index in [1.807, 2.05) is 32.0 Å². The van der Waals surface area contributed by atoms with Gasteiger partial charge in [0.05, 0.1) is 13.2 Å². The van der Waals surface area contributed by atoms with Crippen LogP contribution in [0.3, 0.4) is 0 Å². The Labute approximate surface area is 183 Å². The van der Waals surface area contributed by atoms with Gasteiger partial charge in [-0.2, -0.15) is 4.98 Å². The van der Waals surface area contributed by atoms with Gasteiger partial charge < -0.3 is 14.0 Å². The fourth-order valence-corrected chi connectivity index (χ4v) is 4.91. The summed E-state index contributed by atoms with van der Waals surface area (Å²) in [4.78, 5) is 7.37. The van der Waals surface area contributed by atoms with Crippen LogP contribution in [0.4, 0.5) is 0 Å². The van der Waals surface area contributed by atoms with Gasteiger partial charge in [0.25, 0.3) is 5.89 Å². The lowest BCUT2D eigenvalue weighted by molar-refractivity contribution is 0.245. The van der Waals surface area contributed by atoms with Crippen LogP contribution in [0.25, 0.3) is 22.8 Å². The first-order valence-corrected chi connectivity index (χ1v) is 11.4. The molecule has 2 aliphatic rings. The Kier molecular flexibility index (Phi) is 5.64. The minimum atomic E-state index is 0.491. The molecule has 3 aromatic rings. The second-order valence-corrected chi connectivity index (χ2v) is 8.12. The van der Waals surface area contributed by atoms with Crippen molar-refractivity contribution < 1.29 is 14.0 Å². The summed E-state index contributed by atoms with van der Waals surface area (Å²) in [6.07, 6.45) is 4.86. The van der Waals surface area contributed by atoms with Crippen LogP contribution < -0.4 is 9.47 Å². The van der Waals surface area contributed by atoms with E-state index in [4.69, 9.17) is 19.0 Å². The number of nitrogens with zero attached hydrogens (tertiary/aromatic N) is 3. The quantitative estimate of drug-likeness (QED) is 0.519. The lowest BCUT2D eigenvalue weighted by Gasteiger charge is -2.24. The SMILES string of the molecule is CCOc1ccc(-c2nc(-c3cccc4c3CCC4N3CCCC3)no2)cc1OCC. The van der Waals surface area contributed by atoms with Crippen LogP contribution in [0.2, 0.25) is 0 Å². The average Bonchev–Trinajstić information content (AvgIpc) is 3.55. The number of rotatable bonds is 7. The van der Waals surface area contributed by atoms with Crippen molar-refractivity contribution >= 4 is 0 Å². The topological polar surface area (TPSA) is 60.6 Å². The summed E-state index contributed by atoms with van der Waals surface area (Å²) in [5.41, 5.74) is 4.72. The maximum Gasteiger partial charge on any atom is 0.258 e. The molecule has 1 fully saturated rings. The summed E-state index contributed by atoms with van der Waals surface area (Å²) in [7, 11) is 0. The molecule has 0 amide bonds. The molecular weight excluding hydrogens is 390 g/mol.